The molecule has 1 aromatic heterocycles. The minimum Gasteiger partial charge on any atom is -0.472 e. The van der Waals surface area contributed by atoms with E-state index < -0.39 is 6.09 Å². The maximum absolute atomic E-state index is 11.0. The molecule has 0 atom stereocenters. The number of fused-ring (bicyclic) bond motifs is 1. The van der Waals surface area contributed by atoms with Crippen LogP contribution in [0, 0.1) is 0 Å². The molecular formula is C15H17N3O3. The van der Waals surface area contributed by atoms with E-state index in [0.29, 0.717) is 38.4 Å². The molecular weight excluding hydrogens is 270 g/mol. The van der Waals surface area contributed by atoms with Crippen molar-refractivity contribution in [3.05, 3.63) is 47.2 Å². The van der Waals surface area contributed by atoms with Crippen LogP contribution in [0.5, 0.6) is 5.88 Å². The Morgan fingerprint density at radius 2 is 2.05 bits per heavy atom. The van der Waals surface area contributed by atoms with Gasteiger partial charge in [-0.3, -0.25) is 5.10 Å². The Morgan fingerprint density at radius 1 is 1.29 bits per heavy atom. The fourth-order valence-electron chi connectivity index (χ4n) is 2.49. The lowest BCUT2D eigenvalue weighted by Gasteiger charge is -2.15. The molecule has 2 aromatic rings. The Hall–Kier alpha value is -2.50. The highest BCUT2D eigenvalue weighted by atomic mass is 16.5. The molecule has 1 amide bonds. The van der Waals surface area contributed by atoms with Gasteiger partial charge in [-0.25, -0.2) is 4.79 Å². The number of aromatic nitrogens is 2. The summed E-state index contributed by atoms with van der Waals surface area (Å²) in [6, 6.07) is 9.89. The fraction of sp³-hybridized carbons (Fsp3) is 0.333. The van der Waals surface area contributed by atoms with Crippen LogP contribution in [0.4, 0.5) is 4.79 Å². The molecule has 6 nitrogen and oxygen atoms in total. The summed E-state index contributed by atoms with van der Waals surface area (Å²) in [5, 5.41) is 16.2. The maximum atomic E-state index is 11.0. The second-order valence-electron chi connectivity index (χ2n) is 5.03. The third-order valence-corrected chi connectivity index (χ3v) is 3.67. The van der Waals surface area contributed by atoms with Crippen molar-refractivity contribution < 1.29 is 14.6 Å². The summed E-state index contributed by atoms with van der Waals surface area (Å²) in [5.41, 5.74) is 3.05. The molecule has 0 radical (unpaired) electrons. The Bertz CT molecular complexity index is 624. The Balaban J connectivity index is 1.69. The van der Waals surface area contributed by atoms with Crippen molar-refractivity contribution in [2.24, 2.45) is 0 Å². The number of carbonyl (C=O) groups is 1. The SMILES string of the molecule is O=C(O)N1CCc2[nH]nc(OCc3ccccc3)c2CC1. The van der Waals surface area contributed by atoms with E-state index in [4.69, 9.17) is 9.84 Å². The molecule has 1 aliphatic rings. The first-order valence-electron chi connectivity index (χ1n) is 6.95. The number of amides is 1. The molecule has 3 rings (SSSR count). The molecule has 1 aromatic carbocycles. The van der Waals surface area contributed by atoms with E-state index in [-0.39, 0.29) is 0 Å². The Kier molecular flexibility index (Phi) is 3.77. The number of H-pyrrole nitrogens is 1. The highest BCUT2D eigenvalue weighted by Gasteiger charge is 2.22. The molecule has 1 aliphatic heterocycles. The van der Waals surface area contributed by atoms with E-state index in [2.05, 4.69) is 10.2 Å². The van der Waals surface area contributed by atoms with Crippen LogP contribution in [-0.2, 0) is 19.4 Å². The van der Waals surface area contributed by atoms with Crippen LogP contribution in [0.25, 0.3) is 0 Å². The van der Waals surface area contributed by atoms with E-state index in [1.54, 1.807) is 0 Å². The lowest BCUT2D eigenvalue weighted by Crippen LogP contribution is -2.31. The van der Waals surface area contributed by atoms with Crippen molar-refractivity contribution in [3.8, 4) is 5.88 Å². The number of ether oxygens (including phenoxy) is 1. The van der Waals surface area contributed by atoms with E-state index in [0.717, 1.165) is 16.8 Å². The second-order valence-corrected chi connectivity index (χ2v) is 5.03. The lowest BCUT2D eigenvalue weighted by atomic mass is 10.1. The van der Waals surface area contributed by atoms with Gasteiger partial charge in [0, 0.05) is 30.8 Å². The minimum absolute atomic E-state index is 0.459. The number of nitrogens with one attached hydrogen (secondary N) is 1. The molecule has 21 heavy (non-hydrogen) atoms. The number of rotatable bonds is 3. The lowest BCUT2D eigenvalue weighted by molar-refractivity contribution is 0.147. The van der Waals surface area contributed by atoms with Crippen molar-refractivity contribution in [2.45, 2.75) is 19.4 Å². The van der Waals surface area contributed by atoms with Crippen LogP contribution < -0.4 is 4.74 Å². The highest BCUT2D eigenvalue weighted by Crippen LogP contribution is 2.24. The molecule has 2 N–H and O–H groups in total. The van der Waals surface area contributed by atoms with Gasteiger partial charge in [0.2, 0.25) is 5.88 Å². The van der Waals surface area contributed by atoms with Crippen molar-refractivity contribution >= 4 is 6.09 Å². The second kappa shape index (κ2) is 5.87. The van der Waals surface area contributed by atoms with E-state index in [1.807, 2.05) is 30.3 Å². The summed E-state index contributed by atoms with van der Waals surface area (Å²) in [4.78, 5) is 12.5. The molecule has 0 aliphatic carbocycles. The van der Waals surface area contributed by atoms with E-state index in [1.165, 1.54) is 4.90 Å². The largest absolute Gasteiger partial charge is 0.472 e. The van der Waals surface area contributed by atoms with Gasteiger partial charge in [0.15, 0.2) is 0 Å². The predicted molar refractivity (Wildman–Crippen MR) is 76.4 cm³/mol. The Labute approximate surface area is 122 Å². The van der Waals surface area contributed by atoms with Crippen LogP contribution in [0.1, 0.15) is 16.8 Å². The third kappa shape index (κ3) is 2.99. The number of hydrogen-bond acceptors (Lipinski definition) is 3. The zero-order chi connectivity index (χ0) is 14.7. The minimum atomic E-state index is -0.875. The summed E-state index contributed by atoms with van der Waals surface area (Å²) in [6.45, 7) is 1.42. The fourth-order valence-corrected chi connectivity index (χ4v) is 2.49. The molecule has 0 bridgehead atoms. The highest BCUT2D eigenvalue weighted by molar-refractivity contribution is 5.65. The Morgan fingerprint density at radius 3 is 2.81 bits per heavy atom. The predicted octanol–water partition coefficient (Wildman–Crippen LogP) is 2.07. The van der Waals surface area contributed by atoms with Gasteiger partial charge >= 0.3 is 6.09 Å². The standard InChI is InChI=1S/C15H17N3O3/c19-15(20)18-8-6-12-13(7-9-18)16-17-14(12)21-10-11-4-2-1-3-5-11/h1-5H,6-10H2,(H,16,17)(H,19,20). The van der Waals surface area contributed by atoms with Crippen LogP contribution in [0.3, 0.4) is 0 Å². The van der Waals surface area contributed by atoms with Gasteiger partial charge in [-0.1, -0.05) is 30.3 Å². The number of hydrogen-bond donors (Lipinski definition) is 2. The van der Waals surface area contributed by atoms with Crippen LogP contribution >= 0.6 is 0 Å². The van der Waals surface area contributed by atoms with Crippen molar-refractivity contribution in [1.82, 2.24) is 15.1 Å². The number of carboxylic acid groups (broad SMARTS) is 1. The van der Waals surface area contributed by atoms with Gasteiger partial charge in [0.05, 0.1) is 0 Å². The molecule has 0 unspecified atom stereocenters. The zero-order valence-corrected chi connectivity index (χ0v) is 11.6. The maximum Gasteiger partial charge on any atom is 0.407 e. The average Bonchev–Trinajstić information content (AvgIpc) is 2.75. The number of aromatic amines is 1. The van der Waals surface area contributed by atoms with Crippen molar-refractivity contribution in [3.63, 3.8) is 0 Å². The normalized spacial score (nSPS) is 14.4. The van der Waals surface area contributed by atoms with Crippen LogP contribution in [0.2, 0.25) is 0 Å². The molecule has 110 valence electrons. The smallest absolute Gasteiger partial charge is 0.407 e. The molecule has 6 heteroatoms. The van der Waals surface area contributed by atoms with Gasteiger partial charge < -0.3 is 14.7 Å². The van der Waals surface area contributed by atoms with Gasteiger partial charge in [-0.05, 0) is 12.0 Å². The summed E-state index contributed by atoms with van der Waals surface area (Å²) >= 11 is 0. The number of benzene rings is 1. The van der Waals surface area contributed by atoms with E-state index >= 15 is 0 Å². The van der Waals surface area contributed by atoms with Gasteiger partial charge in [0.1, 0.15) is 6.61 Å². The number of nitrogens with zero attached hydrogens (tertiary/aromatic N) is 2. The summed E-state index contributed by atoms with van der Waals surface area (Å²) in [6.07, 6.45) is 0.394. The van der Waals surface area contributed by atoms with E-state index in [9.17, 15) is 4.79 Å². The molecule has 0 saturated heterocycles. The first-order chi connectivity index (χ1) is 10.2. The average molecular weight is 287 g/mol. The molecule has 0 fully saturated rings. The topological polar surface area (TPSA) is 78.5 Å². The quantitative estimate of drug-likeness (QED) is 0.905. The first kappa shape index (κ1) is 13.5. The van der Waals surface area contributed by atoms with Gasteiger partial charge in [-0.15, -0.1) is 5.10 Å². The molecule has 0 spiro atoms. The van der Waals surface area contributed by atoms with Crippen molar-refractivity contribution in [1.29, 1.82) is 0 Å². The molecule has 2 heterocycles. The first-order valence-corrected chi connectivity index (χ1v) is 6.95. The van der Waals surface area contributed by atoms with Crippen LogP contribution in [0.15, 0.2) is 30.3 Å². The molecule has 0 saturated carbocycles. The zero-order valence-electron chi connectivity index (χ0n) is 11.6. The summed E-state index contributed by atoms with van der Waals surface area (Å²) < 4.78 is 5.77. The summed E-state index contributed by atoms with van der Waals surface area (Å²) in [5.74, 6) is 0.584. The van der Waals surface area contributed by atoms with Gasteiger partial charge in [0.25, 0.3) is 0 Å². The monoisotopic (exact) mass is 287 g/mol. The summed E-state index contributed by atoms with van der Waals surface area (Å²) in [7, 11) is 0. The van der Waals surface area contributed by atoms with Crippen LogP contribution in [-0.4, -0.2) is 39.4 Å². The van der Waals surface area contributed by atoms with Crippen molar-refractivity contribution in [2.75, 3.05) is 13.1 Å². The third-order valence-electron chi connectivity index (χ3n) is 3.67. The van der Waals surface area contributed by atoms with Gasteiger partial charge in [-0.2, -0.15) is 0 Å².